The number of hydrogen-bond acceptors (Lipinski definition) is 8. The van der Waals surface area contributed by atoms with E-state index < -0.39 is 0 Å². The van der Waals surface area contributed by atoms with Gasteiger partial charge >= 0.3 is 0 Å². The van der Waals surface area contributed by atoms with Crippen LogP contribution in [-0.4, -0.2) is 55.0 Å². The highest BCUT2D eigenvalue weighted by molar-refractivity contribution is 7.19. The van der Waals surface area contributed by atoms with Gasteiger partial charge in [-0.15, -0.1) is 11.3 Å². The Balaban J connectivity index is 0.000000364. The molecule has 0 bridgehead atoms. The molecule has 37 heavy (non-hydrogen) atoms. The van der Waals surface area contributed by atoms with E-state index in [0.29, 0.717) is 12.1 Å². The number of thiophene rings is 1. The lowest BCUT2D eigenvalue weighted by Crippen LogP contribution is -2.21. The van der Waals surface area contributed by atoms with Gasteiger partial charge in [-0.05, 0) is 61.8 Å². The van der Waals surface area contributed by atoms with Gasteiger partial charge in [0.25, 0.3) is 0 Å². The van der Waals surface area contributed by atoms with Crippen LogP contribution in [0.5, 0.6) is 0 Å². The molecular weight excluding hydrogens is 482 g/mol. The highest BCUT2D eigenvalue weighted by Gasteiger charge is 2.25. The van der Waals surface area contributed by atoms with Gasteiger partial charge in [-0.2, -0.15) is 0 Å². The van der Waals surface area contributed by atoms with Crippen molar-refractivity contribution in [2.75, 3.05) is 44.4 Å². The lowest BCUT2D eigenvalue weighted by Gasteiger charge is -2.15. The molecule has 1 aliphatic rings. The standard InChI is InChI=1S/C21H28N6S.C7H9NO/c1-22-9-3-11-27-12-17-18(13-27)28-21-19(17)20(25-14-26-21)24-10-8-15-4-6-16(23-2)7-5-15;1-3-5-7(4-2)8-6-9/h4-7,14,22-23H,3,8-13H2,1-2H3,(H,24,25,26);3-6H,1-2H2,(H,8,9)/b;7-5+. The van der Waals surface area contributed by atoms with Crippen LogP contribution in [0, 0.1) is 0 Å². The number of fused-ring (bicyclic) bond motifs is 3. The van der Waals surface area contributed by atoms with Crippen LogP contribution >= 0.6 is 11.3 Å². The second-order valence-corrected chi connectivity index (χ2v) is 9.61. The number of aromatic nitrogens is 2. The summed E-state index contributed by atoms with van der Waals surface area (Å²) in [5.41, 5.74) is 4.54. The van der Waals surface area contributed by atoms with Crippen LogP contribution in [0.25, 0.3) is 10.2 Å². The molecule has 0 radical (unpaired) electrons. The molecule has 1 aliphatic heterocycles. The molecule has 3 aromatic rings. The summed E-state index contributed by atoms with van der Waals surface area (Å²) in [6.45, 7) is 12.0. The van der Waals surface area contributed by atoms with Crippen LogP contribution in [0.2, 0.25) is 0 Å². The lowest BCUT2D eigenvalue weighted by molar-refractivity contribution is -0.108. The molecular formula is C28H37N7OS. The molecule has 0 unspecified atom stereocenters. The van der Waals surface area contributed by atoms with Crippen molar-refractivity contribution in [3.63, 3.8) is 0 Å². The molecule has 4 N–H and O–H groups in total. The minimum absolute atomic E-state index is 0.594. The second-order valence-electron chi connectivity index (χ2n) is 8.52. The van der Waals surface area contributed by atoms with Gasteiger partial charge in [0, 0.05) is 49.5 Å². The summed E-state index contributed by atoms with van der Waals surface area (Å²) in [7, 11) is 3.96. The van der Waals surface area contributed by atoms with Crippen LogP contribution in [0.15, 0.2) is 67.7 Å². The van der Waals surface area contributed by atoms with Crippen molar-refractivity contribution in [1.82, 2.24) is 25.5 Å². The monoisotopic (exact) mass is 519 g/mol. The first-order chi connectivity index (χ1) is 18.1. The fourth-order valence-corrected chi connectivity index (χ4v) is 5.31. The Hall–Kier alpha value is -3.53. The topological polar surface area (TPSA) is 94.2 Å². The lowest BCUT2D eigenvalue weighted by atomic mass is 10.1. The molecule has 4 rings (SSSR count). The Bertz CT molecular complexity index is 1200. The number of nitrogens with one attached hydrogen (secondary N) is 4. The first-order valence-electron chi connectivity index (χ1n) is 12.4. The minimum atomic E-state index is 0.594. The Morgan fingerprint density at radius 2 is 1.95 bits per heavy atom. The van der Waals surface area contributed by atoms with Gasteiger partial charge in [-0.25, -0.2) is 9.97 Å². The molecule has 0 fully saturated rings. The van der Waals surface area contributed by atoms with E-state index in [-0.39, 0.29) is 0 Å². The average molecular weight is 520 g/mol. The summed E-state index contributed by atoms with van der Waals surface area (Å²) in [5, 5.41) is 13.6. The van der Waals surface area contributed by atoms with Crippen molar-refractivity contribution >= 4 is 39.5 Å². The zero-order chi connectivity index (χ0) is 26.5. The zero-order valence-electron chi connectivity index (χ0n) is 21.7. The summed E-state index contributed by atoms with van der Waals surface area (Å²) < 4.78 is 0. The summed E-state index contributed by atoms with van der Waals surface area (Å²) in [4.78, 5) is 24.0. The number of rotatable bonds is 13. The number of hydrogen-bond donors (Lipinski definition) is 4. The van der Waals surface area contributed by atoms with Gasteiger partial charge in [0.05, 0.1) is 5.39 Å². The van der Waals surface area contributed by atoms with Crippen molar-refractivity contribution in [3.8, 4) is 0 Å². The first-order valence-corrected chi connectivity index (χ1v) is 13.2. The van der Waals surface area contributed by atoms with E-state index in [1.54, 1.807) is 18.5 Å². The summed E-state index contributed by atoms with van der Waals surface area (Å²) in [5.74, 6) is 0.978. The smallest absolute Gasteiger partial charge is 0.211 e. The van der Waals surface area contributed by atoms with Crippen LogP contribution < -0.4 is 21.3 Å². The summed E-state index contributed by atoms with van der Waals surface area (Å²) >= 11 is 1.82. The molecule has 1 amide bonds. The van der Waals surface area contributed by atoms with Gasteiger partial charge in [-0.1, -0.05) is 31.4 Å². The number of amides is 1. The van der Waals surface area contributed by atoms with Gasteiger partial charge in [0.2, 0.25) is 6.41 Å². The Labute approximate surface area is 223 Å². The third-order valence-electron chi connectivity index (χ3n) is 6.01. The SMILES string of the molecule is C=C/C=C(\C=C)NC=O.CNCCCN1Cc2sc3ncnc(NCCc4ccc(NC)cc4)c3c2C1. The highest BCUT2D eigenvalue weighted by atomic mass is 32.1. The first kappa shape index (κ1) is 28.0. The third-order valence-corrected chi connectivity index (χ3v) is 7.14. The van der Waals surface area contributed by atoms with Crippen LogP contribution in [0.4, 0.5) is 11.5 Å². The Kier molecular flexibility index (Phi) is 11.3. The maximum absolute atomic E-state index is 9.81. The zero-order valence-corrected chi connectivity index (χ0v) is 22.5. The van der Waals surface area contributed by atoms with E-state index in [0.717, 1.165) is 55.5 Å². The predicted molar refractivity (Wildman–Crippen MR) is 156 cm³/mol. The molecule has 2 aromatic heterocycles. The van der Waals surface area contributed by atoms with E-state index in [1.165, 1.54) is 33.9 Å². The highest BCUT2D eigenvalue weighted by Crippen LogP contribution is 2.39. The van der Waals surface area contributed by atoms with Gasteiger partial charge in [0.15, 0.2) is 0 Å². The normalized spacial score (nSPS) is 12.9. The maximum atomic E-state index is 9.81. The number of allylic oxidation sites excluding steroid dienone is 3. The molecule has 196 valence electrons. The summed E-state index contributed by atoms with van der Waals surface area (Å²) in [6, 6.07) is 8.59. The van der Waals surface area contributed by atoms with Crippen molar-refractivity contribution in [1.29, 1.82) is 0 Å². The maximum Gasteiger partial charge on any atom is 0.211 e. The molecule has 0 spiro atoms. The number of benzene rings is 1. The van der Waals surface area contributed by atoms with Crippen molar-refractivity contribution in [2.24, 2.45) is 0 Å². The largest absolute Gasteiger partial charge is 0.388 e. The summed E-state index contributed by atoms with van der Waals surface area (Å²) in [6.07, 6.45) is 9.19. The predicted octanol–water partition coefficient (Wildman–Crippen LogP) is 4.30. The second kappa shape index (κ2) is 14.9. The van der Waals surface area contributed by atoms with Gasteiger partial charge in [-0.3, -0.25) is 9.69 Å². The van der Waals surface area contributed by atoms with E-state index in [9.17, 15) is 4.79 Å². The number of anilines is 2. The molecule has 3 heterocycles. The van der Waals surface area contributed by atoms with E-state index >= 15 is 0 Å². The number of nitrogens with zero attached hydrogens (tertiary/aromatic N) is 3. The fraction of sp³-hybridized carbons (Fsp3) is 0.321. The quantitative estimate of drug-likeness (QED) is 0.152. The molecule has 1 aromatic carbocycles. The van der Waals surface area contributed by atoms with Gasteiger partial charge in [0.1, 0.15) is 17.0 Å². The molecule has 8 nitrogen and oxygen atoms in total. The Morgan fingerprint density at radius 3 is 2.62 bits per heavy atom. The molecule has 0 atom stereocenters. The molecule has 0 saturated carbocycles. The Morgan fingerprint density at radius 1 is 1.14 bits per heavy atom. The fourth-order valence-electron chi connectivity index (χ4n) is 4.12. The van der Waals surface area contributed by atoms with Crippen molar-refractivity contribution in [2.45, 2.75) is 25.9 Å². The molecule has 0 saturated heterocycles. The number of carbonyl (C=O) groups excluding carboxylic acids is 1. The van der Waals surface area contributed by atoms with E-state index in [2.05, 4.69) is 73.6 Å². The minimum Gasteiger partial charge on any atom is -0.388 e. The van der Waals surface area contributed by atoms with E-state index in [4.69, 9.17) is 0 Å². The third kappa shape index (κ3) is 7.98. The van der Waals surface area contributed by atoms with Crippen LogP contribution in [0.3, 0.4) is 0 Å². The van der Waals surface area contributed by atoms with Crippen LogP contribution in [0.1, 0.15) is 22.4 Å². The molecule has 0 aliphatic carbocycles. The van der Waals surface area contributed by atoms with Crippen LogP contribution in [-0.2, 0) is 24.3 Å². The number of carbonyl (C=O) groups is 1. The van der Waals surface area contributed by atoms with E-state index in [1.807, 2.05) is 25.4 Å². The van der Waals surface area contributed by atoms with Gasteiger partial charge < -0.3 is 21.3 Å². The average Bonchev–Trinajstić information content (AvgIpc) is 3.47. The molecule has 9 heteroatoms. The van der Waals surface area contributed by atoms with Crippen molar-refractivity contribution in [3.05, 3.63) is 83.7 Å². The van der Waals surface area contributed by atoms with Crippen molar-refractivity contribution < 1.29 is 4.79 Å².